The molecule has 0 radical (unpaired) electrons. The molecule has 0 bridgehead atoms. The van der Waals surface area contributed by atoms with E-state index in [2.05, 4.69) is 34.2 Å². The highest BCUT2D eigenvalue weighted by Crippen LogP contribution is 1.94. The number of nitrogens with one attached hydrogen (secondary N) is 1. The van der Waals surface area contributed by atoms with Gasteiger partial charge in [-0.15, -0.1) is 11.8 Å². The first-order valence-electron chi connectivity index (χ1n) is 4.89. The van der Waals surface area contributed by atoms with Gasteiger partial charge in [0.05, 0.1) is 0 Å². The molecule has 0 aliphatic carbocycles. The van der Waals surface area contributed by atoms with Crippen LogP contribution in [0.1, 0.15) is 13.3 Å². The van der Waals surface area contributed by atoms with Gasteiger partial charge in [-0.3, -0.25) is 5.43 Å². The van der Waals surface area contributed by atoms with Gasteiger partial charge in [0.1, 0.15) is 0 Å². The molecule has 1 aliphatic heterocycles. The molecule has 0 aromatic rings. The molecule has 0 spiro atoms. The van der Waals surface area contributed by atoms with Gasteiger partial charge in [0.15, 0.2) is 0 Å². The number of hydrogen-bond donors (Lipinski definition) is 1. The molecule has 0 saturated carbocycles. The first-order valence-corrected chi connectivity index (χ1v) is 4.89. The number of hydrazine groups is 1. The normalized spacial score (nSPS) is 19.5. The van der Waals surface area contributed by atoms with E-state index in [4.69, 9.17) is 0 Å². The molecule has 0 unspecified atom stereocenters. The highest BCUT2D eigenvalue weighted by atomic mass is 15.5. The Morgan fingerprint density at radius 3 is 2.54 bits per heavy atom. The zero-order valence-electron chi connectivity index (χ0n) is 8.64. The summed E-state index contributed by atoms with van der Waals surface area (Å²) in [4.78, 5) is 2.35. The maximum absolute atomic E-state index is 3.38. The van der Waals surface area contributed by atoms with Gasteiger partial charge in [0, 0.05) is 39.1 Å². The van der Waals surface area contributed by atoms with Crippen molar-refractivity contribution in [2.45, 2.75) is 13.3 Å². The maximum atomic E-state index is 3.38. The van der Waals surface area contributed by atoms with Gasteiger partial charge in [-0.1, -0.05) is 0 Å². The van der Waals surface area contributed by atoms with Gasteiger partial charge < -0.3 is 4.90 Å². The predicted octanol–water partition coefficient (Wildman–Crippen LogP) is 0.152. The largest absolute Gasteiger partial charge is 0.304 e. The Morgan fingerprint density at radius 1 is 1.23 bits per heavy atom. The van der Waals surface area contributed by atoms with E-state index >= 15 is 0 Å². The lowest BCUT2D eigenvalue weighted by molar-refractivity contribution is 0.106. The fourth-order valence-corrected chi connectivity index (χ4v) is 1.37. The van der Waals surface area contributed by atoms with Gasteiger partial charge >= 0.3 is 0 Å². The monoisotopic (exact) mass is 181 g/mol. The summed E-state index contributed by atoms with van der Waals surface area (Å²) in [5.41, 5.74) is 3.38. The van der Waals surface area contributed by atoms with E-state index in [1.54, 1.807) is 0 Å². The minimum Gasteiger partial charge on any atom is -0.304 e. The summed E-state index contributed by atoms with van der Waals surface area (Å²) in [5, 5.41) is 2.29. The smallest absolute Gasteiger partial charge is 0.0259 e. The lowest BCUT2D eigenvalue weighted by atomic mass is 10.4. The minimum atomic E-state index is 0.947. The molecule has 0 aromatic heterocycles. The number of likely N-dealkylation sites (N-methyl/N-ethyl adjacent to an activating group) is 1. The summed E-state index contributed by atoms with van der Waals surface area (Å²) < 4.78 is 0. The van der Waals surface area contributed by atoms with Crippen LogP contribution in [-0.2, 0) is 0 Å². The van der Waals surface area contributed by atoms with E-state index < -0.39 is 0 Å². The van der Waals surface area contributed by atoms with Crippen LogP contribution in [0.4, 0.5) is 0 Å². The van der Waals surface area contributed by atoms with Gasteiger partial charge in [0.2, 0.25) is 0 Å². The average Bonchev–Trinajstić information content (AvgIpc) is 2.15. The molecule has 1 fully saturated rings. The van der Waals surface area contributed by atoms with Crippen molar-refractivity contribution in [3.05, 3.63) is 0 Å². The quantitative estimate of drug-likeness (QED) is 0.494. The Bertz CT molecular complexity index is 184. The van der Waals surface area contributed by atoms with Crippen molar-refractivity contribution in [1.82, 2.24) is 15.3 Å². The van der Waals surface area contributed by atoms with Crippen molar-refractivity contribution < 1.29 is 0 Å². The van der Waals surface area contributed by atoms with E-state index in [0.29, 0.717) is 0 Å². The summed E-state index contributed by atoms with van der Waals surface area (Å²) in [6, 6.07) is 0. The maximum Gasteiger partial charge on any atom is 0.0259 e. The Morgan fingerprint density at radius 2 is 1.92 bits per heavy atom. The summed E-state index contributed by atoms with van der Waals surface area (Å²) in [6.45, 7) is 7.42. The first-order chi connectivity index (χ1) is 6.33. The SMILES string of the molecule is CC#CCCNN1CCN(C)CC1. The van der Waals surface area contributed by atoms with Crippen molar-refractivity contribution in [2.24, 2.45) is 0 Å². The summed E-state index contributed by atoms with van der Waals surface area (Å²) in [6.07, 6.45) is 0.947. The average molecular weight is 181 g/mol. The van der Waals surface area contributed by atoms with Crippen LogP contribution in [0.15, 0.2) is 0 Å². The van der Waals surface area contributed by atoms with Crippen LogP contribution in [0.5, 0.6) is 0 Å². The van der Waals surface area contributed by atoms with Crippen molar-refractivity contribution >= 4 is 0 Å². The minimum absolute atomic E-state index is 0.947. The molecule has 13 heavy (non-hydrogen) atoms. The van der Waals surface area contributed by atoms with E-state index in [0.717, 1.165) is 39.1 Å². The molecule has 1 heterocycles. The third kappa shape index (κ3) is 4.28. The van der Waals surface area contributed by atoms with Crippen LogP contribution in [0, 0.1) is 11.8 Å². The molecule has 1 rings (SSSR count). The zero-order chi connectivity index (χ0) is 9.52. The van der Waals surface area contributed by atoms with Crippen molar-refractivity contribution in [3.8, 4) is 11.8 Å². The molecule has 74 valence electrons. The van der Waals surface area contributed by atoms with E-state index in [9.17, 15) is 0 Å². The Labute approximate surface area is 81.1 Å². The molecule has 1 aliphatic rings. The summed E-state index contributed by atoms with van der Waals surface area (Å²) in [7, 11) is 2.17. The van der Waals surface area contributed by atoms with Crippen LogP contribution in [-0.4, -0.2) is 49.7 Å². The summed E-state index contributed by atoms with van der Waals surface area (Å²) >= 11 is 0. The molecule has 0 aromatic carbocycles. The topological polar surface area (TPSA) is 18.5 Å². The lowest BCUT2D eigenvalue weighted by Crippen LogP contribution is -2.50. The molecule has 0 atom stereocenters. The van der Waals surface area contributed by atoms with Crippen LogP contribution >= 0.6 is 0 Å². The Kier molecular flexibility index (Phi) is 4.84. The van der Waals surface area contributed by atoms with E-state index in [1.165, 1.54) is 0 Å². The predicted molar refractivity (Wildman–Crippen MR) is 55.1 cm³/mol. The molecular formula is C10H19N3. The van der Waals surface area contributed by atoms with Gasteiger partial charge in [-0.25, -0.2) is 5.01 Å². The van der Waals surface area contributed by atoms with Crippen LogP contribution in [0.25, 0.3) is 0 Å². The molecular weight excluding hydrogens is 162 g/mol. The second-order valence-corrected chi connectivity index (χ2v) is 3.38. The summed E-state index contributed by atoms with van der Waals surface area (Å²) in [5.74, 6) is 5.94. The Balaban J connectivity index is 2.04. The number of nitrogens with zero attached hydrogens (tertiary/aromatic N) is 2. The molecule has 3 nitrogen and oxygen atoms in total. The zero-order valence-corrected chi connectivity index (χ0v) is 8.64. The Hall–Kier alpha value is -0.560. The van der Waals surface area contributed by atoms with Crippen LogP contribution < -0.4 is 5.43 Å². The van der Waals surface area contributed by atoms with Crippen molar-refractivity contribution in [2.75, 3.05) is 39.8 Å². The number of hydrogen-bond acceptors (Lipinski definition) is 3. The van der Waals surface area contributed by atoms with E-state index in [1.807, 2.05) is 6.92 Å². The highest BCUT2D eigenvalue weighted by molar-refractivity contribution is 4.94. The van der Waals surface area contributed by atoms with Gasteiger partial charge in [0.25, 0.3) is 0 Å². The molecule has 1 saturated heterocycles. The lowest BCUT2D eigenvalue weighted by Gasteiger charge is -2.32. The van der Waals surface area contributed by atoms with Crippen LogP contribution in [0.2, 0.25) is 0 Å². The number of rotatable bonds is 3. The fourth-order valence-electron chi connectivity index (χ4n) is 1.37. The second kappa shape index (κ2) is 5.98. The fraction of sp³-hybridized carbons (Fsp3) is 0.800. The molecule has 0 amide bonds. The second-order valence-electron chi connectivity index (χ2n) is 3.38. The van der Waals surface area contributed by atoms with Gasteiger partial charge in [-0.05, 0) is 14.0 Å². The highest BCUT2D eigenvalue weighted by Gasteiger charge is 2.11. The molecule has 3 heteroatoms. The van der Waals surface area contributed by atoms with Gasteiger partial charge in [-0.2, -0.15) is 0 Å². The molecule has 1 N–H and O–H groups in total. The third-order valence-corrected chi connectivity index (χ3v) is 2.27. The standard InChI is InChI=1S/C10H19N3/c1-3-4-5-6-11-13-9-7-12(2)8-10-13/h11H,5-10H2,1-2H3. The first kappa shape index (κ1) is 10.5. The number of piperazine rings is 1. The van der Waals surface area contributed by atoms with Crippen LogP contribution in [0.3, 0.4) is 0 Å². The third-order valence-electron chi connectivity index (χ3n) is 2.27. The van der Waals surface area contributed by atoms with E-state index in [-0.39, 0.29) is 0 Å². The van der Waals surface area contributed by atoms with Crippen molar-refractivity contribution in [3.63, 3.8) is 0 Å². The van der Waals surface area contributed by atoms with Crippen molar-refractivity contribution in [1.29, 1.82) is 0 Å².